The van der Waals surface area contributed by atoms with Gasteiger partial charge in [0, 0.05) is 13.0 Å². The van der Waals surface area contributed by atoms with Crippen molar-refractivity contribution in [3.8, 4) is 0 Å². The molecule has 7 heteroatoms. The molecule has 4 rings (SSSR count). The van der Waals surface area contributed by atoms with Gasteiger partial charge in [0.05, 0.1) is 35.4 Å². The lowest BCUT2D eigenvalue weighted by Gasteiger charge is -2.27. The topological polar surface area (TPSA) is 86.4 Å². The molecule has 1 aromatic heterocycles. The van der Waals surface area contributed by atoms with Crippen LogP contribution in [0.2, 0.25) is 0 Å². The molecule has 2 aromatic rings. The first kappa shape index (κ1) is 13.7. The fraction of sp³-hybridized carbons (Fsp3) is 0.250. The van der Waals surface area contributed by atoms with Gasteiger partial charge in [-0.1, -0.05) is 12.1 Å². The van der Waals surface area contributed by atoms with Gasteiger partial charge >= 0.3 is 0 Å². The van der Waals surface area contributed by atoms with E-state index >= 15 is 0 Å². The number of fused-ring (bicyclic) bond motifs is 2. The van der Waals surface area contributed by atoms with Gasteiger partial charge in [0.25, 0.3) is 11.8 Å². The summed E-state index contributed by atoms with van der Waals surface area (Å²) < 4.78 is 0. The number of H-pyrrole nitrogens is 1. The lowest BCUT2D eigenvalue weighted by atomic mass is 10.1. The largest absolute Gasteiger partial charge is 0.347 e. The van der Waals surface area contributed by atoms with Gasteiger partial charge in [-0.3, -0.25) is 19.3 Å². The Hall–Kier alpha value is -2.96. The number of hydrogen-bond donors (Lipinski definition) is 1. The number of aromatic amines is 1. The summed E-state index contributed by atoms with van der Waals surface area (Å²) in [6, 6.07) is 6.63. The van der Waals surface area contributed by atoms with Gasteiger partial charge in [-0.15, -0.1) is 0 Å². The van der Waals surface area contributed by atoms with Crippen LogP contribution in [0.25, 0.3) is 0 Å². The Labute approximate surface area is 131 Å². The molecule has 3 heterocycles. The minimum atomic E-state index is -0.404. The van der Waals surface area contributed by atoms with Gasteiger partial charge in [0.2, 0.25) is 5.91 Å². The average Bonchev–Trinajstić information content (AvgIpc) is 3.13. The zero-order valence-corrected chi connectivity index (χ0v) is 12.3. The summed E-state index contributed by atoms with van der Waals surface area (Å²) in [5.74, 6) is -1.05. The standard InChI is InChI=1S/C16H14N4O3/c21-14(19-6-5-12-13(7-19)18-9-17-12)8-20-15(22)10-3-1-2-4-11(10)16(20)23/h1-4,9H,5-8H2,(H,17,18). The molecule has 0 atom stereocenters. The summed E-state index contributed by atoms with van der Waals surface area (Å²) in [4.78, 5) is 46.9. The summed E-state index contributed by atoms with van der Waals surface area (Å²) in [7, 11) is 0. The maximum absolute atomic E-state index is 12.5. The van der Waals surface area contributed by atoms with E-state index in [9.17, 15) is 14.4 Å². The summed E-state index contributed by atoms with van der Waals surface area (Å²) in [6.07, 6.45) is 2.29. The van der Waals surface area contributed by atoms with Crippen LogP contribution in [0.3, 0.4) is 0 Å². The highest BCUT2D eigenvalue weighted by molar-refractivity contribution is 6.22. The van der Waals surface area contributed by atoms with Crippen molar-refractivity contribution in [3.05, 3.63) is 53.1 Å². The van der Waals surface area contributed by atoms with Gasteiger partial charge < -0.3 is 9.88 Å². The number of nitrogens with one attached hydrogen (secondary N) is 1. The van der Waals surface area contributed by atoms with Crippen molar-refractivity contribution < 1.29 is 14.4 Å². The molecule has 3 amide bonds. The maximum Gasteiger partial charge on any atom is 0.262 e. The normalized spacial score (nSPS) is 16.5. The summed E-state index contributed by atoms with van der Waals surface area (Å²) in [5.41, 5.74) is 2.60. The van der Waals surface area contributed by atoms with E-state index in [-0.39, 0.29) is 12.5 Å². The fourth-order valence-corrected chi connectivity index (χ4v) is 3.04. The minimum Gasteiger partial charge on any atom is -0.347 e. The Kier molecular flexibility index (Phi) is 3.00. The van der Waals surface area contributed by atoms with E-state index < -0.39 is 11.8 Å². The lowest BCUT2D eigenvalue weighted by Crippen LogP contribution is -2.44. The molecule has 2 aliphatic rings. The molecule has 0 unspecified atom stereocenters. The van der Waals surface area contributed by atoms with Crippen molar-refractivity contribution in [2.45, 2.75) is 13.0 Å². The molecule has 1 N–H and O–H groups in total. The zero-order valence-electron chi connectivity index (χ0n) is 12.3. The van der Waals surface area contributed by atoms with Crippen LogP contribution in [0.5, 0.6) is 0 Å². The predicted molar refractivity (Wildman–Crippen MR) is 79.5 cm³/mol. The predicted octanol–water partition coefficient (Wildman–Crippen LogP) is 0.591. The Morgan fingerprint density at radius 3 is 2.57 bits per heavy atom. The number of imide groups is 1. The average molecular weight is 310 g/mol. The highest BCUT2D eigenvalue weighted by Gasteiger charge is 2.37. The molecular weight excluding hydrogens is 296 g/mol. The van der Waals surface area contributed by atoms with E-state index in [0.29, 0.717) is 30.6 Å². The first-order valence-corrected chi connectivity index (χ1v) is 7.39. The summed E-state index contributed by atoms with van der Waals surface area (Å²) >= 11 is 0. The van der Waals surface area contributed by atoms with E-state index in [1.165, 1.54) is 0 Å². The van der Waals surface area contributed by atoms with Gasteiger partial charge in [0.1, 0.15) is 6.54 Å². The molecule has 0 saturated carbocycles. The van der Waals surface area contributed by atoms with E-state index in [1.807, 2.05) is 0 Å². The van der Waals surface area contributed by atoms with E-state index in [0.717, 1.165) is 16.3 Å². The number of nitrogens with zero attached hydrogens (tertiary/aromatic N) is 3. The molecule has 0 radical (unpaired) electrons. The maximum atomic E-state index is 12.5. The molecule has 2 aliphatic heterocycles. The van der Waals surface area contributed by atoms with Crippen LogP contribution < -0.4 is 0 Å². The van der Waals surface area contributed by atoms with Gasteiger partial charge in [-0.05, 0) is 12.1 Å². The van der Waals surface area contributed by atoms with Gasteiger partial charge in [-0.25, -0.2) is 4.98 Å². The van der Waals surface area contributed by atoms with Crippen LogP contribution in [0.15, 0.2) is 30.6 Å². The Balaban J connectivity index is 1.50. The highest BCUT2D eigenvalue weighted by Crippen LogP contribution is 2.23. The molecule has 0 spiro atoms. The number of imidazole rings is 1. The van der Waals surface area contributed by atoms with Gasteiger partial charge in [-0.2, -0.15) is 0 Å². The Morgan fingerprint density at radius 2 is 1.87 bits per heavy atom. The van der Waals surface area contributed by atoms with Crippen molar-refractivity contribution in [1.82, 2.24) is 19.8 Å². The van der Waals surface area contributed by atoms with Crippen molar-refractivity contribution in [2.75, 3.05) is 13.1 Å². The molecule has 0 fully saturated rings. The molecule has 116 valence electrons. The van der Waals surface area contributed by atoms with Crippen LogP contribution in [0.1, 0.15) is 32.1 Å². The molecule has 0 saturated heterocycles. The number of carbonyl (C=O) groups is 3. The third-order valence-electron chi connectivity index (χ3n) is 4.30. The SMILES string of the molecule is O=C(CN1C(=O)c2ccccc2C1=O)N1CCc2nc[nH]c2C1. The molecular formula is C16H14N4O3. The van der Waals surface area contributed by atoms with E-state index in [2.05, 4.69) is 9.97 Å². The number of benzene rings is 1. The molecule has 7 nitrogen and oxygen atoms in total. The number of aromatic nitrogens is 2. The van der Waals surface area contributed by atoms with E-state index in [4.69, 9.17) is 0 Å². The number of hydrogen-bond acceptors (Lipinski definition) is 4. The van der Waals surface area contributed by atoms with Crippen LogP contribution >= 0.6 is 0 Å². The fourth-order valence-electron chi connectivity index (χ4n) is 3.04. The number of amides is 3. The molecule has 0 bridgehead atoms. The van der Waals surface area contributed by atoms with Crippen molar-refractivity contribution >= 4 is 17.7 Å². The zero-order chi connectivity index (χ0) is 16.0. The molecule has 0 aliphatic carbocycles. The number of rotatable bonds is 2. The third-order valence-corrected chi connectivity index (χ3v) is 4.30. The summed E-state index contributed by atoms with van der Waals surface area (Å²) in [5, 5.41) is 0. The van der Waals surface area contributed by atoms with Crippen molar-refractivity contribution in [3.63, 3.8) is 0 Å². The van der Waals surface area contributed by atoms with Crippen LogP contribution in [0, 0.1) is 0 Å². The monoisotopic (exact) mass is 310 g/mol. The first-order valence-electron chi connectivity index (χ1n) is 7.39. The van der Waals surface area contributed by atoms with Crippen LogP contribution in [0.4, 0.5) is 0 Å². The van der Waals surface area contributed by atoms with Gasteiger partial charge in [0.15, 0.2) is 0 Å². The lowest BCUT2D eigenvalue weighted by molar-refractivity contribution is -0.132. The number of carbonyl (C=O) groups excluding carboxylic acids is 3. The third kappa shape index (κ3) is 2.12. The first-order chi connectivity index (χ1) is 11.1. The second kappa shape index (κ2) is 5.05. The van der Waals surface area contributed by atoms with Crippen LogP contribution in [-0.4, -0.2) is 50.6 Å². The Morgan fingerprint density at radius 1 is 1.17 bits per heavy atom. The smallest absolute Gasteiger partial charge is 0.262 e. The van der Waals surface area contributed by atoms with Crippen molar-refractivity contribution in [1.29, 1.82) is 0 Å². The molecule has 1 aromatic carbocycles. The Bertz CT molecular complexity index is 791. The second-order valence-corrected chi connectivity index (χ2v) is 5.64. The second-order valence-electron chi connectivity index (χ2n) is 5.64. The molecule has 23 heavy (non-hydrogen) atoms. The summed E-state index contributed by atoms with van der Waals surface area (Å²) in [6.45, 7) is 0.743. The van der Waals surface area contributed by atoms with Crippen molar-refractivity contribution in [2.24, 2.45) is 0 Å². The quantitative estimate of drug-likeness (QED) is 0.823. The highest BCUT2D eigenvalue weighted by atomic mass is 16.2. The minimum absolute atomic E-state index is 0.226. The van der Waals surface area contributed by atoms with Crippen LogP contribution in [-0.2, 0) is 17.8 Å². The van der Waals surface area contributed by atoms with E-state index in [1.54, 1.807) is 35.5 Å².